The van der Waals surface area contributed by atoms with E-state index in [0.717, 1.165) is 32.9 Å². The minimum Gasteiger partial charge on any atom is -0.318 e. The fourth-order valence-electron chi connectivity index (χ4n) is 6.70. The average Bonchev–Trinajstić information content (AvgIpc) is 2.93. The van der Waals surface area contributed by atoms with Crippen molar-refractivity contribution in [2.45, 2.75) is 34.1 Å². The zero-order valence-corrected chi connectivity index (χ0v) is 28.5. The van der Waals surface area contributed by atoms with Crippen molar-refractivity contribution < 1.29 is 18.3 Å². The number of benzene rings is 4. The van der Waals surface area contributed by atoms with E-state index in [-0.39, 0.29) is 17.7 Å². The molecule has 0 aromatic heterocycles. The molecule has 0 radical (unpaired) electrons. The molecule has 1 heterocycles. The van der Waals surface area contributed by atoms with Gasteiger partial charge in [-0.15, -0.1) is 0 Å². The van der Waals surface area contributed by atoms with Gasteiger partial charge in [-0.2, -0.15) is 0 Å². The van der Waals surface area contributed by atoms with Gasteiger partial charge in [0.05, 0.1) is 17.7 Å². The second kappa shape index (κ2) is 12.1. The predicted octanol–water partition coefficient (Wildman–Crippen LogP) is 8.25. The van der Waals surface area contributed by atoms with Crippen LogP contribution in [0.2, 0.25) is 0 Å². The summed E-state index contributed by atoms with van der Waals surface area (Å²) in [5, 5.41) is 2.74. The maximum absolute atomic E-state index is 15.7. The lowest BCUT2D eigenvalue weighted by Gasteiger charge is -2.35. The van der Waals surface area contributed by atoms with Crippen LogP contribution in [0.15, 0.2) is 97.1 Å². The molecule has 220 valence electrons. The van der Waals surface area contributed by atoms with Gasteiger partial charge >= 0.3 is 0 Å². The summed E-state index contributed by atoms with van der Waals surface area (Å²) in [5.41, 5.74) is 3.48. The highest BCUT2D eigenvalue weighted by atomic mass is 31.3. The Morgan fingerprint density at radius 3 is 0.905 bits per heavy atom. The normalized spacial score (nSPS) is 28.7. The third kappa shape index (κ3) is 6.07. The highest BCUT2D eigenvalue weighted by Crippen LogP contribution is 2.72. The molecular formula is C34H40O4P4. The standard InChI is InChI=1S/C34H40O4P4/c1-27-14-5-9-18-31(27)39(35)22-13-23-40(36,32-19-10-6-15-28(32)2)25-42(38,34-21-12-8-17-30(34)4)26-41(37,24-39)33-20-11-7-16-29(33)3/h5-12,14-21H,13,22-26H2,1-4H3. The van der Waals surface area contributed by atoms with Crippen LogP contribution in [-0.4, -0.2) is 30.0 Å². The quantitative estimate of drug-likeness (QED) is 0.212. The number of aryl methyl sites for hydroxylation is 4. The summed E-state index contributed by atoms with van der Waals surface area (Å²) in [7, 11) is -13.6. The van der Waals surface area contributed by atoms with Gasteiger partial charge in [-0.05, 0) is 56.4 Å². The minimum atomic E-state index is -3.54. The molecule has 0 N–H and O–H groups in total. The zero-order chi connectivity index (χ0) is 30.2. The fourth-order valence-corrected chi connectivity index (χ4v) is 29.0. The SMILES string of the molecule is Cc1ccccc1P1(=O)CCCP(=O)(c2ccccc2C)CP(=O)(c2ccccc2C)CP(=O)(c2ccccc2C)C1. The smallest absolute Gasteiger partial charge is 0.130 e. The Morgan fingerprint density at radius 1 is 0.381 bits per heavy atom. The molecule has 1 aliphatic heterocycles. The molecule has 0 spiro atoms. The molecule has 42 heavy (non-hydrogen) atoms. The van der Waals surface area contributed by atoms with E-state index in [1.54, 1.807) is 0 Å². The lowest BCUT2D eigenvalue weighted by molar-refractivity contribution is 0.571. The van der Waals surface area contributed by atoms with E-state index in [1.807, 2.05) is 125 Å². The maximum Gasteiger partial charge on any atom is 0.130 e. The van der Waals surface area contributed by atoms with Crippen molar-refractivity contribution in [2.24, 2.45) is 0 Å². The van der Waals surface area contributed by atoms with Crippen LogP contribution >= 0.6 is 28.6 Å². The van der Waals surface area contributed by atoms with Gasteiger partial charge in [-0.25, -0.2) is 0 Å². The van der Waals surface area contributed by atoms with E-state index in [0.29, 0.717) is 29.4 Å². The van der Waals surface area contributed by atoms with Crippen LogP contribution in [0.5, 0.6) is 0 Å². The van der Waals surface area contributed by atoms with Crippen molar-refractivity contribution in [3.8, 4) is 0 Å². The van der Waals surface area contributed by atoms with Gasteiger partial charge in [0.1, 0.15) is 28.6 Å². The van der Waals surface area contributed by atoms with E-state index in [9.17, 15) is 0 Å². The number of hydrogen-bond donors (Lipinski definition) is 0. The summed E-state index contributed by atoms with van der Waals surface area (Å²) >= 11 is 0. The van der Waals surface area contributed by atoms with Gasteiger partial charge in [-0.1, -0.05) is 97.1 Å². The van der Waals surface area contributed by atoms with Crippen molar-refractivity contribution in [1.29, 1.82) is 0 Å². The molecule has 4 atom stereocenters. The summed E-state index contributed by atoms with van der Waals surface area (Å²) in [6.07, 6.45) is 1.08. The van der Waals surface area contributed by atoms with Crippen molar-refractivity contribution in [2.75, 3.05) is 30.0 Å². The topological polar surface area (TPSA) is 68.3 Å². The molecule has 0 aliphatic carbocycles. The second-order valence-corrected chi connectivity index (χ2v) is 25.3. The van der Waals surface area contributed by atoms with Gasteiger partial charge in [0.25, 0.3) is 0 Å². The van der Waals surface area contributed by atoms with E-state index < -0.39 is 28.6 Å². The third-order valence-corrected chi connectivity index (χ3v) is 27.2. The average molecular weight is 637 g/mol. The fraction of sp³-hybridized carbons (Fsp3) is 0.294. The monoisotopic (exact) mass is 636 g/mol. The summed E-state index contributed by atoms with van der Waals surface area (Å²) in [5.74, 6) is -0.151. The molecular weight excluding hydrogens is 596 g/mol. The molecule has 4 aromatic rings. The Morgan fingerprint density at radius 2 is 0.619 bits per heavy atom. The van der Waals surface area contributed by atoms with E-state index in [4.69, 9.17) is 0 Å². The van der Waals surface area contributed by atoms with Crippen LogP contribution in [0.4, 0.5) is 0 Å². The Bertz CT molecular complexity index is 1690. The predicted molar refractivity (Wildman–Crippen MR) is 183 cm³/mol. The second-order valence-electron chi connectivity index (χ2n) is 11.9. The molecule has 1 fully saturated rings. The first-order valence-corrected chi connectivity index (χ1v) is 22.8. The van der Waals surface area contributed by atoms with E-state index in [2.05, 4.69) is 0 Å². The summed E-state index contributed by atoms with van der Waals surface area (Å²) in [6.45, 7) is 7.74. The highest BCUT2D eigenvalue weighted by molar-refractivity contribution is 7.97. The third-order valence-electron chi connectivity index (χ3n) is 8.63. The molecule has 1 saturated heterocycles. The van der Waals surface area contributed by atoms with Crippen LogP contribution in [0.1, 0.15) is 28.7 Å². The maximum atomic E-state index is 15.7. The first-order chi connectivity index (χ1) is 19.9. The minimum absolute atomic E-state index is 0.0136. The first-order valence-electron chi connectivity index (χ1n) is 14.5. The van der Waals surface area contributed by atoms with Crippen LogP contribution < -0.4 is 21.2 Å². The lowest BCUT2D eigenvalue weighted by Crippen LogP contribution is -2.26. The van der Waals surface area contributed by atoms with E-state index in [1.165, 1.54) is 0 Å². The van der Waals surface area contributed by atoms with Gasteiger partial charge in [0.15, 0.2) is 0 Å². The van der Waals surface area contributed by atoms with E-state index >= 15 is 18.3 Å². The molecule has 0 bridgehead atoms. The summed E-state index contributed by atoms with van der Waals surface area (Å²) in [6, 6.07) is 30.4. The molecule has 5 rings (SSSR count). The van der Waals surface area contributed by atoms with Crippen LogP contribution in [-0.2, 0) is 18.3 Å². The van der Waals surface area contributed by atoms with Gasteiger partial charge in [0.2, 0.25) is 0 Å². The summed E-state index contributed by atoms with van der Waals surface area (Å²) in [4.78, 5) is 0. The number of rotatable bonds is 4. The van der Waals surface area contributed by atoms with Crippen molar-refractivity contribution in [3.63, 3.8) is 0 Å². The Balaban J connectivity index is 1.80. The molecule has 0 amide bonds. The molecule has 1 aliphatic rings. The van der Waals surface area contributed by atoms with Gasteiger partial charge in [0, 0.05) is 33.5 Å². The molecule has 8 heteroatoms. The summed E-state index contributed by atoms with van der Waals surface area (Å²) < 4.78 is 61.9. The Labute approximate surface area is 250 Å². The number of hydrogen-bond acceptors (Lipinski definition) is 4. The molecule has 4 nitrogen and oxygen atoms in total. The Kier molecular flexibility index (Phi) is 8.97. The van der Waals surface area contributed by atoms with Crippen LogP contribution in [0.3, 0.4) is 0 Å². The molecule has 0 saturated carbocycles. The van der Waals surface area contributed by atoms with Gasteiger partial charge < -0.3 is 18.3 Å². The van der Waals surface area contributed by atoms with Crippen molar-refractivity contribution >= 4 is 49.8 Å². The first kappa shape index (κ1) is 31.2. The Hall–Kier alpha value is -2.20. The highest BCUT2D eigenvalue weighted by Gasteiger charge is 2.47. The largest absolute Gasteiger partial charge is 0.318 e. The lowest BCUT2D eigenvalue weighted by atomic mass is 10.2. The zero-order valence-electron chi connectivity index (χ0n) is 24.9. The molecule has 4 aromatic carbocycles. The van der Waals surface area contributed by atoms with Crippen molar-refractivity contribution in [1.82, 2.24) is 0 Å². The van der Waals surface area contributed by atoms with Crippen LogP contribution in [0, 0.1) is 27.7 Å². The van der Waals surface area contributed by atoms with Gasteiger partial charge in [-0.3, -0.25) is 0 Å². The van der Waals surface area contributed by atoms with Crippen molar-refractivity contribution in [3.05, 3.63) is 119 Å². The van der Waals surface area contributed by atoms with Crippen LogP contribution in [0.25, 0.3) is 0 Å². The molecule has 4 unspecified atom stereocenters.